The number of likely N-dealkylation sites (N-methyl/N-ethyl adjacent to an activating group) is 1. The van der Waals surface area contributed by atoms with Gasteiger partial charge in [0.1, 0.15) is 16.9 Å². The van der Waals surface area contributed by atoms with Gasteiger partial charge in [-0.2, -0.15) is 26.3 Å². The Kier molecular flexibility index (Phi) is 11.7. The lowest BCUT2D eigenvalue weighted by atomic mass is 9.75. The lowest BCUT2D eigenvalue weighted by Gasteiger charge is -2.36. The van der Waals surface area contributed by atoms with Gasteiger partial charge in [-0.3, -0.25) is 4.79 Å². The molecule has 0 saturated heterocycles. The van der Waals surface area contributed by atoms with Crippen LogP contribution in [0.1, 0.15) is 75.1 Å². The Hall–Kier alpha value is -3.73. The minimum atomic E-state index is -4.84. The number of carbonyl (C=O) groups excluding carboxylic acids is 1. The molecule has 0 saturated carbocycles. The number of fused-ring (bicyclic) bond motifs is 2. The Morgan fingerprint density at radius 2 is 1.73 bits per heavy atom. The molecule has 5 nitrogen and oxygen atoms in total. The highest BCUT2D eigenvalue weighted by Crippen LogP contribution is 2.49. The molecule has 3 unspecified atom stereocenters. The van der Waals surface area contributed by atoms with Crippen molar-refractivity contribution in [3.05, 3.63) is 77.1 Å². The number of nitrogens with one attached hydrogen (secondary N) is 1. The first kappa shape index (κ1) is 38.1. The summed E-state index contributed by atoms with van der Waals surface area (Å²) in [4.78, 5) is 15.6. The van der Waals surface area contributed by atoms with Crippen LogP contribution in [0.3, 0.4) is 0 Å². The Balaban J connectivity index is 1.81. The van der Waals surface area contributed by atoms with E-state index in [1.807, 2.05) is 25.8 Å². The molecule has 1 heterocycles. The van der Waals surface area contributed by atoms with Gasteiger partial charge in [-0.15, -0.1) is 0 Å². The molecule has 3 atom stereocenters. The van der Waals surface area contributed by atoms with Crippen LogP contribution in [0.2, 0.25) is 0 Å². The van der Waals surface area contributed by atoms with Crippen LogP contribution >= 0.6 is 0 Å². The molecule has 3 aromatic rings. The molecule has 1 aliphatic heterocycles. The number of hydrogen-bond acceptors (Lipinski definition) is 4. The van der Waals surface area contributed by atoms with E-state index >= 15 is 0 Å². The average molecular weight is 693 g/mol. The maximum Gasteiger partial charge on any atom is 0.417 e. The summed E-state index contributed by atoms with van der Waals surface area (Å²) in [6.07, 6.45) is -9.00. The molecule has 11 heteroatoms. The van der Waals surface area contributed by atoms with Crippen molar-refractivity contribution >= 4 is 16.7 Å². The third-order valence-corrected chi connectivity index (χ3v) is 10.00. The summed E-state index contributed by atoms with van der Waals surface area (Å²) in [7, 11) is 3.20. The van der Waals surface area contributed by atoms with Gasteiger partial charge < -0.3 is 20.1 Å². The molecule has 1 aliphatic rings. The van der Waals surface area contributed by atoms with E-state index in [1.165, 1.54) is 13.2 Å². The maximum absolute atomic E-state index is 14.7. The number of alkyl halides is 6. The minimum absolute atomic E-state index is 0.0206. The zero-order valence-electron chi connectivity index (χ0n) is 28.7. The molecule has 0 bridgehead atoms. The lowest BCUT2D eigenvalue weighted by Crippen LogP contribution is -2.54. The molecular formula is C38H46F6N2O3. The molecule has 0 aromatic heterocycles. The van der Waals surface area contributed by atoms with E-state index in [0.29, 0.717) is 53.4 Å². The number of benzene rings is 3. The Morgan fingerprint density at radius 1 is 1.06 bits per heavy atom. The first-order valence-corrected chi connectivity index (χ1v) is 16.7. The van der Waals surface area contributed by atoms with E-state index in [1.54, 1.807) is 43.3 Å². The van der Waals surface area contributed by atoms with E-state index in [9.17, 15) is 36.2 Å². The monoisotopic (exact) mass is 692 g/mol. The predicted octanol–water partition coefficient (Wildman–Crippen LogP) is 9.80. The van der Waals surface area contributed by atoms with Gasteiger partial charge in [0.25, 0.3) is 0 Å². The van der Waals surface area contributed by atoms with Crippen molar-refractivity contribution in [2.75, 3.05) is 20.7 Å². The van der Waals surface area contributed by atoms with Gasteiger partial charge in [0.15, 0.2) is 0 Å². The Labute approximate surface area is 284 Å². The summed E-state index contributed by atoms with van der Waals surface area (Å²) in [6, 6.07) is 9.78. The maximum atomic E-state index is 14.7. The first-order chi connectivity index (χ1) is 23.0. The summed E-state index contributed by atoms with van der Waals surface area (Å²) in [6.45, 7) is 9.86. The molecule has 3 aromatic carbocycles. The van der Waals surface area contributed by atoms with Crippen LogP contribution in [0.4, 0.5) is 26.3 Å². The number of halogens is 6. The van der Waals surface area contributed by atoms with Gasteiger partial charge in [0, 0.05) is 30.6 Å². The van der Waals surface area contributed by atoms with Crippen LogP contribution in [-0.4, -0.2) is 48.8 Å². The smallest absolute Gasteiger partial charge is 0.417 e. The molecule has 0 fully saturated rings. The third-order valence-electron chi connectivity index (χ3n) is 10.00. The molecule has 0 radical (unpaired) electrons. The topological polar surface area (TPSA) is 61.8 Å². The second-order valence-electron chi connectivity index (χ2n) is 13.4. The van der Waals surface area contributed by atoms with Gasteiger partial charge >= 0.3 is 12.4 Å². The number of nitrogens with zero attached hydrogens (tertiary/aromatic N) is 1. The van der Waals surface area contributed by atoms with Crippen LogP contribution in [0.25, 0.3) is 21.9 Å². The van der Waals surface area contributed by atoms with Gasteiger partial charge in [-0.1, -0.05) is 76.6 Å². The first-order valence-electron chi connectivity index (χ1n) is 16.7. The zero-order valence-corrected chi connectivity index (χ0v) is 28.7. The normalized spacial score (nSPS) is 16.5. The Morgan fingerprint density at radius 3 is 2.33 bits per heavy atom. The van der Waals surface area contributed by atoms with Crippen molar-refractivity contribution < 1.29 is 41.0 Å². The van der Waals surface area contributed by atoms with Crippen molar-refractivity contribution in [1.29, 1.82) is 0 Å². The number of amides is 1. The van der Waals surface area contributed by atoms with Gasteiger partial charge in [0.05, 0.1) is 18.7 Å². The number of carbonyl (C=O) groups is 1. The van der Waals surface area contributed by atoms with Crippen molar-refractivity contribution in [1.82, 2.24) is 10.2 Å². The number of aliphatic hydroxyl groups excluding tert-OH is 1. The molecule has 1 amide bonds. The highest BCUT2D eigenvalue weighted by atomic mass is 19.4. The van der Waals surface area contributed by atoms with Crippen LogP contribution in [0, 0.1) is 11.3 Å². The number of ether oxygens (including phenoxy) is 1. The minimum Gasteiger partial charge on any atom is -0.511 e. The third kappa shape index (κ3) is 7.87. The highest BCUT2D eigenvalue weighted by Gasteiger charge is 2.59. The summed E-state index contributed by atoms with van der Waals surface area (Å²) >= 11 is 0. The molecule has 0 spiro atoms. The molecule has 49 heavy (non-hydrogen) atoms. The second kappa shape index (κ2) is 15.0. The SMILES string of the molecule is C=C(O)C(Cc1cccc2c(-c3c(C(F)(F)F)cc4c(c3OC)CCN(C)C4)cccc12)NC(=O)C(CCC)(CCC(C)CC)C(F)(F)F. The zero-order chi connectivity index (χ0) is 36.3. The van der Waals surface area contributed by atoms with Crippen molar-refractivity contribution in [2.24, 2.45) is 11.3 Å². The highest BCUT2D eigenvalue weighted by molar-refractivity contribution is 6.01. The number of aliphatic hydroxyl groups is 1. The van der Waals surface area contributed by atoms with Crippen LogP contribution < -0.4 is 10.1 Å². The van der Waals surface area contributed by atoms with E-state index in [-0.39, 0.29) is 42.1 Å². The molecule has 2 N–H and O–H groups in total. The molecule has 0 aliphatic carbocycles. The molecule has 268 valence electrons. The summed E-state index contributed by atoms with van der Waals surface area (Å²) in [5.74, 6) is -1.63. The van der Waals surface area contributed by atoms with Crippen LogP contribution in [-0.2, 0) is 30.4 Å². The van der Waals surface area contributed by atoms with E-state index in [2.05, 4.69) is 11.9 Å². The quantitative estimate of drug-likeness (QED) is 0.138. The van der Waals surface area contributed by atoms with Gasteiger partial charge in [-0.25, -0.2) is 0 Å². The number of rotatable bonds is 13. The van der Waals surface area contributed by atoms with Crippen LogP contribution in [0.15, 0.2) is 54.8 Å². The fourth-order valence-electron chi connectivity index (χ4n) is 6.98. The van der Waals surface area contributed by atoms with E-state index in [4.69, 9.17) is 4.74 Å². The summed E-state index contributed by atoms with van der Waals surface area (Å²) in [5, 5.41) is 14.0. The Bertz CT molecular complexity index is 1670. The standard InChI is InChI=1S/C38H46F6N2O3/c1-7-17-36(38(42,43)44,18-15-23(3)8-2)35(48)45-32(24(4)47)21-25-11-9-13-29-27(25)12-10-14-30(29)33-31(37(39,40)41)20-26-22-46(5)19-16-28(26)34(33)49-6/h9-14,20,23,32,47H,4,7-8,15-19,21-22H2,1-3,5-6H3,(H,45,48). The fraction of sp³-hybridized carbons (Fsp3) is 0.500. The van der Waals surface area contributed by atoms with Gasteiger partial charge in [-0.05, 0) is 72.2 Å². The van der Waals surface area contributed by atoms with Crippen molar-refractivity contribution in [2.45, 2.75) is 90.7 Å². The summed E-state index contributed by atoms with van der Waals surface area (Å²) < 4.78 is 94.0. The average Bonchev–Trinajstić information content (AvgIpc) is 3.03. The number of hydrogen-bond donors (Lipinski definition) is 2. The molecular weight excluding hydrogens is 646 g/mol. The van der Waals surface area contributed by atoms with E-state index < -0.39 is 53.9 Å². The van der Waals surface area contributed by atoms with Crippen LogP contribution in [0.5, 0.6) is 5.75 Å². The molecule has 4 rings (SSSR count). The van der Waals surface area contributed by atoms with E-state index in [0.717, 1.165) is 0 Å². The fourth-order valence-corrected chi connectivity index (χ4v) is 6.98. The van der Waals surface area contributed by atoms with Gasteiger partial charge in [0.2, 0.25) is 5.91 Å². The second-order valence-corrected chi connectivity index (χ2v) is 13.4. The van der Waals surface area contributed by atoms with Crippen molar-refractivity contribution in [3.8, 4) is 16.9 Å². The summed E-state index contributed by atoms with van der Waals surface area (Å²) in [5.41, 5.74) is -1.54. The number of methoxy groups -OCH3 is 1. The lowest BCUT2D eigenvalue weighted by molar-refractivity contribution is -0.227. The largest absolute Gasteiger partial charge is 0.511 e. The predicted molar refractivity (Wildman–Crippen MR) is 180 cm³/mol. The van der Waals surface area contributed by atoms with Crippen molar-refractivity contribution in [3.63, 3.8) is 0 Å².